The van der Waals surface area contributed by atoms with Crippen molar-refractivity contribution in [3.05, 3.63) is 71.3 Å². The second-order valence-corrected chi connectivity index (χ2v) is 6.86. The molecule has 2 aromatic carbocycles. The van der Waals surface area contributed by atoms with Gasteiger partial charge >= 0.3 is 11.8 Å². The highest BCUT2D eigenvalue weighted by molar-refractivity contribution is 6.39. The van der Waals surface area contributed by atoms with Crippen LogP contribution in [0.3, 0.4) is 0 Å². The van der Waals surface area contributed by atoms with Gasteiger partial charge in [-0.2, -0.15) is 5.10 Å². The number of benzene rings is 2. The Labute approximate surface area is 184 Å². The molecule has 0 atom stereocenters. The van der Waals surface area contributed by atoms with Crippen molar-refractivity contribution in [2.24, 2.45) is 5.10 Å². The lowest BCUT2D eigenvalue weighted by molar-refractivity contribution is -0.136. The van der Waals surface area contributed by atoms with Gasteiger partial charge in [0.15, 0.2) is 0 Å². The molecule has 3 rings (SSSR count). The molecular formula is C23H23FN4O4. The van der Waals surface area contributed by atoms with E-state index in [2.05, 4.69) is 15.8 Å². The minimum atomic E-state index is -0.946. The summed E-state index contributed by atoms with van der Waals surface area (Å²) >= 11 is 0. The summed E-state index contributed by atoms with van der Waals surface area (Å²) in [6, 6.07) is 12.8. The van der Waals surface area contributed by atoms with Crippen molar-refractivity contribution in [3.8, 4) is 17.2 Å². The molecule has 8 nitrogen and oxygen atoms in total. The van der Waals surface area contributed by atoms with Gasteiger partial charge in [0.1, 0.15) is 17.3 Å². The lowest BCUT2D eigenvalue weighted by atomic mass is 10.2. The Kier molecular flexibility index (Phi) is 6.89. The molecule has 2 N–H and O–H groups in total. The zero-order valence-electron chi connectivity index (χ0n) is 18.1. The van der Waals surface area contributed by atoms with Crippen LogP contribution in [0.2, 0.25) is 0 Å². The van der Waals surface area contributed by atoms with Crippen molar-refractivity contribution in [2.45, 2.75) is 13.8 Å². The first kappa shape index (κ1) is 22.5. The van der Waals surface area contributed by atoms with Gasteiger partial charge in [0.2, 0.25) is 0 Å². The van der Waals surface area contributed by atoms with Crippen LogP contribution in [0.4, 0.5) is 10.1 Å². The molecule has 0 bridgehead atoms. The Hall–Kier alpha value is -4.14. The molecule has 0 aliphatic heterocycles. The normalized spacial score (nSPS) is 10.8. The molecule has 166 valence electrons. The summed E-state index contributed by atoms with van der Waals surface area (Å²) in [5.74, 6) is -1.30. The lowest BCUT2D eigenvalue weighted by Gasteiger charge is -2.11. The van der Waals surface area contributed by atoms with E-state index < -0.39 is 11.8 Å². The fourth-order valence-electron chi connectivity index (χ4n) is 3.21. The second-order valence-electron chi connectivity index (χ2n) is 6.86. The average molecular weight is 438 g/mol. The number of carbonyl (C=O) groups is 2. The van der Waals surface area contributed by atoms with Crippen molar-refractivity contribution in [1.82, 2.24) is 9.99 Å². The van der Waals surface area contributed by atoms with Crippen LogP contribution >= 0.6 is 0 Å². The molecule has 0 aliphatic carbocycles. The number of ether oxygens (including phenoxy) is 2. The third-order valence-corrected chi connectivity index (χ3v) is 4.79. The number of amides is 2. The molecule has 1 aromatic heterocycles. The molecule has 32 heavy (non-hydrogen) atoms. The molecule has 0 spiro atoms. The van der Waals surface area contributed by atoms with E-state index in [1.807, 2.05) is 24.5 Å². The number of hydrogen-bond acceptors (Lipinski definition) is 5. The summed E-state index contributed by atoms with van der Waals surface area (Å²) in [6.45, 7) is 3.78. The number of rotatable bonds is 6. The van der Waals surface area contributed by atoms with E-state index in [0.717, 1.165) is 22.6 Å². The zero-order chi connectivity index (χ0) is 23.3. The number of hydrazone groups is 1. The van der Waals surface area contributed by atoms with Gasteiger partial charge in [0, 0.05) is 28.7 Å². The highest BCUT2D eigenvalue weighted by atomic mass is 19.1. The third kappa shape index (κ3) is 4.94. The summed E-state index contributed by atoms with van der Waals surface area (Å²) < 4.78 is 25.5. The first-order valence-corrected chi connectivity index (χ1v) is 9.65. The Morgan fingerprint density at radius 1 is 1.00 bits per heavy atom. The van der Waals surface area contributed by atoms with Gasteiger partial charge in [-0.25, -0.2) is 9.82 Å². The maximum atomic E-state index is 13.2. The van der Waals surface area contributed by atoms with Crippen LogP contribution in [0.5, 0.6) is 11.5 Å². The maximum Gasteiger partial charge on any atom is 0.329 e. The number of nitrogens with one attached hydrogen (secondary N) is 2. The number of carbonyl (C=O) groups excluding carboxylic acids is 2. The fourth-order valence-corrected chi connectivity index (χ4v) is 3.21. The number of nitrogens with zero attached hydrogens (tertiary/aromatic N) is 2. The van der Waals surface area contributed by atoms with E-state index in [4.69, 9.17) is 9.47 Å². The molecule has 0 aliphatic rings. The van der Waals surface area contributed by atoms with Crippen molar-refractivity contribution < 1.29 is 23.5 Å². The molecule has 1 heterocycles. The number of methoxy groups -OCH3 is 2. The number of aryl methyl sites for hydroxylation is 1. The second kappa shape index (κ2) is 9.78. The Bertz CT molecular complexity index is 1170. The molecule has 0 fully saturated rings. The van der Waals surface area contributed by atoms with E-state index in [9.17, 15) is 14.0 Å². The topological polar surface area (TPSA) is 93.9 Å². The van der Waals surface area contributed by atoms with Crippen molar-refractivity contribution in [3.63, 3.8) is 0 Å². The van der Waals surface area contributed by atoms with Gasteiger partial charge in [-0.1, -0.05) is 0 Å². The van der Waals surface area contributed by atoms with E-state index in [-0.39, 0.29) is 5.82 Å². The Morgan fingerprint density at radius 2 is 1.72 bits per heavy atom. The predicted octanol–water partition coefficient (Wildman–Crippen LogP) is 3.34. The van der Waals surface area contributed by atoms with Crippen molar-refractivity contribution >= 4 is 23.7 Å². The standard InChI is InChI=1S/C23H23FN4O4/c1-14-11-16(15(2)28(14)18-7-5-17(24)6-8-18)13-25-27-23(30)22(29)26-20-12-19(31-3)9-10-21(20)32-4/h5-13H,1-4H3,(H,26,29)(H,27,30)/b25-13-. The maximum absolute atomic E-state index is 13.2. The molecule has 0 unspecified atom stereocenters. The van der Waals surface area contributed by atoms with Crippen LogP contribution in [0.1, 0.15) is 17.0 Å². The van der Waals surface area contributed by atoms with Gasteiger partial charge in [-0.3, -0.25) is 9.59 Å². The number of aromatic nitrogens is 1. The van der Waals surface area contributed by atoms with Gasteiger partial charge in [0.25, 0.3) is 0 Å². The van der Waals surface area contributed by atoms with Crippen LogP contribution in [0.15, 0.2) is 53.6 Å². The molecule has 9 heteroatoms. The fraction of sp³-hybridized carbons (Fsp3) is 0.174. The predicted molar refractivity (Wildman–Crippen MR) is 119 cm³/mol. The highest BCUT2D eigenvalue weighted by Crippen LogP contribution is 2.28. The average Bonchev–Trinajstić information content (AvgIpc) is 3.07. The lowest BCUT2D eigenvalue weighted by Crippen LogP contribution is -2.32. The van der Waals surface area contributed by atoms with Gasteiger partial charge < -0.3 is 19.4 Å². The number of anilines is 1. The Morgan fingerprint density at radius 3 is 2.38 bits per heavy atom. The van der Waals surface area contributed by atoms with E-state index >= 15 is 0 Å². The van der Waals surface area contributed by atoms with E-state index in [1.165, 1.54) is 38.6 Å². The van der Waals surface area contributed by atoms with E-state index in [1.54, 1.807) is 24.3 Å². The van der Waals surface area contributed by atoms with Crippen molar-refractivity contribution in [1.29, 1.82) is 0 Å². The van der Waals surface area contributed by atoms with Crippen LogP contribution in [-0.4, -0.2) is 36.8 Å². The minimum Gasteiger partial charge on any atom is -0.497 e. The first-order chi connectivity index (χ1) is 15.3. The van der Waals surface area contributed by atoms with Crippen LogP contribution in [0, 0.1) is 19.7 Å². The molecule has 2 amide bonds. The van der Waals surface area contributed by atoms with Gasteiger partial charge in [-0.05, 0) is 56.3 Å². The highest BCUT2D eigenvalue weighted by Gasteiger charge is 2.16. The third-order valence-electron chi connectivity index (χ3n) is 4.79. The summed E-state index contributed by atoms with van der Waals surface area (Å²) in [4.78, 5) is 24.4. The van der Waals surface area contributed by atoms with Crippen LogP contribution < -0.4 is 20.2 Å². The summed E-state index contributed by atoms with van der Waals surface area (Å²) in [6.07, 6.45) is 1.44. The smallest absolute Gasteiger partial charge is 0.329 e. The number of hydrogen-bond donors (Lipinski definition) is 2. The van der Waals surface area contributed by atoms with Gasteiger partial charge in [0.05, 0.1) is 26.1 Å². The quantitative estimate of drug-likeness (QED) is 0.351. The SMILES string of the molecule is COc1ccc(OC)c(NC(=O)C(=O)N/N=C\c2cc(C)n(-c3ccc(F)cc3)c2C)c1. The monoisotopic (exact) mass is 438 g/mol. The minimum absolute atomic E-state index is 0.291. The molecule has 0 saturated carbocycles. The molecular weight excluding hydrogens is 415 g/mol. The summed E-state index contributed by atoms with van der Waals surface area (Å²) in [7, 11) is 2.94. The van der Waals surface area contributed by atoms with Crippen molar-refractivity contribution in [2.75, 3.05) is 19.5 Å². The zero-order valence-corrected chi connectivity index (χ0v) is 18.1. The Balaban J connectivity index is 1.69. The van der Waals surface area contributed by atoms with Gasteiger partial charge in [-0.15, -0.1) is 0 Å². The largest absolute Gasteiger partial charge is 0.497 e. The molecule has 3 aromatic rings. The molecule has 0 saturated heterocycles. The van der Waals surface area contributed by atoms with Crippen LogP contribution in [-0.2, 0) is 9.59 Å². The van der Waals surface area contributed by atoms with E-state index in [0.29, 0.717) is 17.2 Å². The summed E-state index contributed by atoms with van der Waals surface area (Å²) in [5, 5.41) is 6.36. The summed E-state index contributed by atoms with van der Waals surface area (Å²) in [5.41, 5.74) is 5.79. The molecule has 0 radical (unpaired) electrons. The van der Waals surface area contributed by atoms with Crippen LogP contribution in [0.25, 0.3) is 5.69 Å². The number of halogens is 1. The first-order valence-electron chi connectivity index (χ1n) is 9.65.